The fourth-order valence-electron chi connectivity index (χ4n) is 2.93. The third kappa shape index (κ3) is 4.10. The maximum absolute atomic E-state index is 5.41. The van der Waals surface area contributed by atoms with Crippen LogP contribution < -0.4 is 10.2 Å². The van der Waals surface area contributed by atoms with E-state index in [0.717, 1.165) is 43.6 Å². The summed E-state index contributed by atoms with van der Waals surface area (Å²) in [5.41, 5.74) is 2.19. The summed E-state index contributed by atoms with van der Waals surface area (Å²) in [7, 11) is 0. The molecule has 136 valence electrons. The van der Waals surface area contributed by atoms with Gasteiger partial charge in [0.2, 0.25) is 0 Å². The van der Waals surface area contributed by atoms with Crippen LogP contribution in [0.1, 0.15) is 45.0 Å². The monoisotopic (exact) mass is 344 g/mol. The third-order valence-corrected chi connectivity index (χ3v) is 4.44. The zero-order chi connectivity index (χ0) is 18.0. The molecule has 0 bridgehead atoms. The highest BCUT2D eigenvalue weighted by Crippen LogP contribution is 2.24. The minimum atomic E-state index is -0.0266. The number of nitrogens with zero attached hydrogens (tertiary/aromatic N) is 5. The van der Waals surface area contributed by atoms with Gasteiger partial charge in [-0.25, -0.2) is 9.97 Å². The first-order valence-corrected chi connectivity index (χ1v) is 8.82. The van der Waals surface area contributed by atoms with E-state index in [1.54, 1.807) is 6.33 Å². The van der Waals surface area contributed by atoms with E-state index >= 15 is 0 Å². The predicted molar refractivity (Wildman–Crippen MR) is 99.1 cm³/mol. The van der Waals surface area contributed by atoms with E-state index in [2.05, 4.69) is 66.1 Å². The average molecular weight is 344 g/mol. The second-order valence-corrected chi connectivity index (χ2v) is 7.51. The summed E-state index contributed by atoms with van der Waals surface area (Å²) >= 11 is 0. The van der Waals surface area contributed by atoms with Crippen LogP contribution in [-0.4, -0.2) is 46.1 Å². The summed E-state index contributed by atoms with van der Waals surface area (Å²) in [4.78, 5) is 11.0. The Bertz CT molecular complexity index is 715. The molecule has 2 aromatic heterocycles. The van der Waals surface area contributed by atoms with Gasteiger partial charge in [-0.3, -0.25) is 4.68 Å². The van der Waals surface area contributed by atoms with Crippen LogP contribution in [-0.2, 0) is 10.3 Å². The topological polar surface area (TPSA) is 68.1 Å². The molecule has 0 saturated carbocycles. The number of hydrogen-bond acceptors (Lipinski definition) is 6. The van der Waals surface area contributed by atoms with Crippen molar-refractivity contribution in [1.29, 1.82) is 0 Å². The van der Waals surface area contributed by atoms with Gasteiger partial charge in [0.1, 0.15) is 18.0 Å². The van der Waals surface area contributed by atoms with Crippen LogP contribution in [0.4, 0.5) is 11.6 Å². The fraction of sp³-hybridized carbons (Fsp3) is 0.611. The van der Waals surface area contributed by atoms with E-state index < -0.39 is 0 Å². The molecule has 0 amide bonds. The molecule has 1 unspecified atom stereocenters. The molecule has 7 nitrogen and oxygen atoms in total. The second-order valence-electron chi connectivity index (χ2n) is 7.51. The lowest BCUT2D eigenvalue weighted by Gasteiger charge is -2.28. The van der Waals surface area contributed by atoms with Gasteiger partial charge in [0.15, 0.2) is 0 Å². The molecular weight excluding hydrogens is 316 g/mol. The van der Waals surface area contributed by atoms with Crippen LogP contribution in [0.2, 0.25) is 0 Å². The first kappa shape index (κ1) is 17.7. The SMILES string of the molecule is Cc1nn(C(C)(C)C)cc1C(C)Nc1cc(N2CCOCC2)ncn1. The van der Waals surface area contributed by atoms with Crippen LogP contribution >= 0.6 is 0 Å². The van der Waals surface area contributed by atoms with E-state index in [4.69, 9.17) is 4.74 Å². The Labute approximate surface area is 149 Å². The molecule has 0 spiro atoms. The minimum absolute atomic E-state index is 0.0266. The van der Waals surface area contributed by atoms with Crippen molar-refractivity contribution in [2.75, 3.05) is 36.5 Å². The summed E-state index contributed by atoms with van der Waals surface area (Å²) in [6, 6.07) is 2.12. The molecule has 1 fully saturated rings. The number of morpholine rings is 1. The fourth-order valence-corrected chi connectivity index (χ4v) is 2.93. The Balaban J connectivity index is 1.75. The molecule has 1 saturated heterocycles. The van der Waals surface area contributed by atoms with Gasteiger partial charge < -0.3 is 15.0 Å². The van der Waals surface area contributed by atoms with Gasteiger partial charge in [0.05, 0.1) is 30.5 Å². The van der Waals surface area contributed by atoms with Crippen LogP contribution in [0.3, 0.4) is 0 Å². The molecule has 1 aliphatic rings. The number of hydrogen-bond donors (Lipinski definition) is 1. The number of ether oxygens (including phenoxy) is 1. The predicted octanol–water partition coefficient (Wildman–Crippen LogP) is 2.75. The first-order valence-electron chi connectivity index (χ1n) is 8.82. The summed E-state index contributed by atoms with van der Waals surface area (Å²) in [6.45, 7) is 13.9. The van der Waals surface area contributed by atoms with Crippen molar-refractivity contribution in [2.24, 2.45) is 0 Å². The molecule has 0 aromatic carbocycles. The Kier molecular flexibility index (Phi) is 4.94. The van der Waals surface area contributed by atoms with Crippen LogP contribution in [0.25, 0.3) is 0 Å². The molecule has 1 N–H and O–H groups in total. The van der Waals surface area contributed by atoms with E-state index in [0.29, 0.717) is 0 Å². The molecule has 1 atom stereocenters. The number of rotatable bonds is 4. The molecule has 3 rings (SSSR count). The smallest absolute Gasteiger partial charge is 0.134 e. The van der Waals surface area contributed by atoms with Crippen molar-refractivity contribution >= 4 is 11.6 Å². The highest BCUT2D eigenvalue weighted by molar-refractivity contribution is 5.49. The Morgan fingerprint density at radius 1 is 1.20 bits per heavy atom. The number of aryl methyl sites for hydroxylation is 1. The van der Waals surface area contributed by atoms with Gasteiger partial charge in [-0.1, -0.05) is 0 Å². The van der Waals surface area contributed by atoms with Crippen molar-refractivity contribution in [3.05, 3.63) is 29.8 Å². The van der Waals surface area contributed by atoms with Crippen molar-refractivity contribution in [2.45, 2.75) is 46.2 Å². The highest BCUT2D eigenvalue weighted by Gasteiger charge is 2.20. The zero-order valence-corrected chi connectivity index (χ0v) is 15.8. The summed E-state index contributed by atoms with van der Waals surface area (Å²) in [5, 5.41) is 8.14. The molecule has 1 aliphatic heterocycles. The van der Waals surface area contributed by atoms with Gasteiger partial charge in [0, 0.05) is 30.9 Å². The lowest BCUT2D eigenvalue weighted by atomic mass is 10.1. The average Bonchev–Trinajstić information content (AvgIpc) is 2.98. The highest BCUT2D eigenvalue weighted by atomic mass is 16.5. The maximum Gasteiger partial charge on any atom is 0.134 e. The molecule has 2 aromatic rings. The molecule has 0 radical (unpaired) electrons. The third-order valence-electron chi connectivity index (χ3n) is 4.44. The first-order chi connectivity index (χ1) is 11.8. The van der Waals surface area contributed by atoms with E-state index in [1.165, 1.54) is 5.56 Å². The Hall–Kier alpha value is -2.15. The van der Waals surface area contributed by atoms with Crippen molar-refractivity contribution in [3.63, 3.8) is 0 Å². The van der Waals surface area contributed by atoms with E-state index in [9.17, 15) is 0 Å². The van der Waals surface area contributed by atoms with Crippen LogP contribution in [0, 0.1) is 6.92 Å². The molecule has 25 heavy (non-hydrogen) atoms. The van der Waals surface area contributed by atoms with E-state index in [-0.39, 0.29) is 11.6 Å². The number of anilines is 2. The maximum atomic E-state index is 5.41. The molecule has 7 heteroatoms. The van der Waals surface area contributed by atoms with Gasteiger partial charge in [-0.05, 0) is 34.6 Å². The summed E-state index contributed by atoms with van der Waals surface area (Å²) in [5.74, 6) is 1.77. The number of nitrogens with one attached hydrogen (secondary N) is 1. The second kappa shape index (κ2) is 7.00. The largest absolute Gasteiger partial charge is 0.378 e. The molecule has 0 aliphatic carbocycles. The van der Waals surface area contributed by atoms with Gasteiger partial charge in [0.25, 0.3) is 0 Å². The van der Waals surface area contributed by atoms with Crippen molar-refractivity contribution < 1.29 is 4.74 Å². The number of aromatic nitrogens is 4. The minimum Gasteiger partial charge on any atom is -0.378 e. The van der Waals surface area contributed by atoms with Gasteiger partial charge in [-0.15, -0.1) is 0 Å². The van der Waals surface area contributed by atoms with Gasteiger partial charge >= 0.3 is 0 Å². The standard InChI is InChI=1S/C18H28N6O/c1-13(15-11-24(18(3,4)5)22-14(15)2)21-16-10-17(20-12-19-16)23-6-8-25-9-7-23/h10-13H,6-9H2,1-5H3,(H,19,20,21). The normalized spacial score (nSPS) is 16.8. The van der Waals surface area contributed by atoms with Crippen LogP contribution in [0.15, 0.2) is 18.6 Å². The van der Waals surface area contributed by atoms with Crippen molar-refractivity contribution in [3.8, 4) is 0 Å². The lowest BCUT2D eigenvalue weighted by molar-refractivity contribution is 0.122. The van der Waals surface area contributed by atoms with Crippen LogP contribution in [0.5, 0.6) is 0 Å². The van der Waals surface area contributed by atoms with E-state index in [1.807, 2.05) is 10.7 Å². The van der Waals surface area contributed by atoms with Gasteiger partial charge in [-0.2, -0.15) is 5.10 Å². The molecular formula is C18H28N6O. The lowest BCUT2D eigenvalue weighted by Crippen LogP contribution is -2.36. The zero-order valence-electron chi connectivity index (χ0n) is 15.8. The van der Waals surface area contributed by atoms with Crippen molar-refractivity contribution in [1.82, 2.24) is 19.7 Å². The Morgan fingerprint density at radius 2 is 1.92 bits per heavy atom. The Morgan fingerprint density at radius 3 is 2.56 bits per heavy atom. The molecule has 3 heterocycles. The summed E-state index contributed by atoms with van der Waals surface area (Å²) in [6.07, 6.45) is 3.74. The summed E-state index contributed by atoms with van der Waals surface area (Å²) < 4.78 is 7.43. The quantitative estimate of drug-likeness (QED) is 0.920.